The largest absolute Gasteiger partial charge is 0.471 e. The number of amidine groups is 1. The lowest BCUT2D eigenvalue weighted by atomic mass is 10.3. The molecule has 1 aromatic rings. The molecular weight excluding hydrogens is 249 g/mol. The summed E-state index contributed by atoms with van der Waals surface area (Å²) in [5.74, 6) is 5.83. The van der Waals surface area contributed by atoms with E-state index in [1.165, 1.54) is 0 Å². The second-order valence-corrected chi connectivity index (χ2v) is 4.05. The lowest BCUT2D eigenvalue weighted by Crippen LogP contribution is -2.42. The monoisotopic (exact) mass is 272 g/mol. The van der Waals surface area contributed by atoms with Crippen LogP contribution in [0.2, 0.25) is 0 Å². The van der Waals surface area contributed by atoms with E-state index in [0.29, 0.717) is 24.6 Å². The Balaban J connectivity index is 0.00000154. The molecule has 0 aromatic heterocycles. The summed E-state index contributed by atoms with van der Waals surface area (Å²) in [6, 6.07) is 7.85. The van der Waals surface area contributed by atoms with Gasteiger partial charge in [-0.1, -0.05) is 12.1 Å². The number of benzene rings is 1. The summed E-state index contributed by atoms with van der Waals surface area (Å²) in [5, 5.41) is 1.16. The number of halogens is 1. The van der Waals surface area contributed by atoms with Gasteiger partial charge in [-0.3, -0.25) is 9.23 Å². The zero-order valence-corrected chi connectivity index (χ0v) is 12.1. The SMILES string of the molecule is CF.CN(C)C(ON(N)c1ccccc1N)=[N+](C)C. The normalized spacial score (nSPS) is 9.00. The summed E-state index contributed by atoms with van der Waals surface area (Å²) in [6.07, 6.45) is 0. The average molecular weight is 272 g/mol. The number of nitrogens with zero attached hydrogens (tertiary/aromatic N) is 3. The quantitative estimate of drug-likeness (QED) is 0.207. The molecule has 0 saturated carbocycles. The number of rotatable bonds is 2. The summed E-state index contributed by atoms with van der Waals surface area (Å²) in [4.78, 5) is 7.36. The minimum Gasteiger partial charge on any atom is -0.397 e. The Morgan fingerprint density at radius 1 is 1.21 bits per heavy atom. The molecule has 19 heavy (non-hydrogen) atoms. The van der Waals surface area contributed by atoms with Crippen LogP contribution in [-0.4, -0.2) is 50.9 Å². The molecule has 0 radical (unpaired) electrons. The van der Waals surface area contributed by atoms with Gasteiger partial charge in [0, 0.05) is 0 Å². The predicted molar refractivity (Wildman–Crippen MR) is 76.4 cm³/mol. The molecule has 1 rings (SSSR count). The second-order valence-electron chi connectivity index (χ2n) is 4.05. The van der Waals surface area contributed by atoms with Crippen LogP contribution in [0.1, 0.15) is 0 Å². The first-order valence-electron chi connectivity index (χ1n) is 5.60. The molecule has 0 heterocycles. The van der Waals surface area contributed by atoms with Gasteiger partial charge in [-0.25, -0.2) is 15.3 Å². The van der Waals surface area contributed by atoms with E-state index in [2.05, 4.69) is 0 Å². The number of alkyl halides is 1. The Morgan fingerprint density at radius 3 is 2.16 bits per heavy atom. The lowest BCUT2D eigenvalue weighted by Gasteiger charge is -2.20. The third-order valence-corrected chi connectivity index (χ3v) is 2.12. The number of para-hydroxylation sites is 2. The minimum atomic E-state index is 0.500. The second kappa shape index (κ2) is 8.15. The van der Waals surface area contributed by atoms with E-state index in [1.807, 2.05) is 49.8 Å². The molecule has 1 aromatic carbocycles. The maximum atomic E-state index is 9.50. The highest BCUT2D eigenvalue weighted by Crippen LogP contribution is 2.20. The Hall–Kier alpha value is -2.02. The summed E-state index contributed by atoms with van der Waals surface area (Å²) in [6.45, 7) is 0. The topological polar surface area (TPSA) is 70.8 Å². The molecule has 0 unspecified atom stereocenters. The van der Waals surface area contributed by atoms with Crippen LogP contribution >= 0.6 is 0 Å². The van der Waals surface area contributed by atoms with Crippen LogP contribution in [0.3, 0.4) is 0 Å². The smallest absolute Gasteiger partial charge is 0.397 e. The zero-order chi connectivity index (χ0) is 15.0. The highest BCUT2D eigenvalue weighted by Gasteiger charge is 2.18. The van der Waals surface area contributed by atoms with Gasteiger partial charge in [-0.05, 0) is 12.1 Å². The van der Waals surface area contributed by atoms with Crippen molar-refractivity contribution in [1.29, 1.82) is 0 Å². The molecular formula is C12H23FN5O+. The van der Waals surface area contributed by atoms with Gasteiger partial charge in [0.15, 0.2) is 0 Å². The molecule has 0 spiro atoms. The van der Waals surface area contributed by atoms with E-state index in [9.17, 15) is 4.39 Å². The van der Waals surface area contributed by atoms with Crippen molar-refractivity contribution in [3.63, 3.8) is 0 Å². The number of hydrazine groups is 1. The first kappa shape index (κ1) is 17.0. The van der Waals surface area contributed by atoms with Gasteiger partial charge in [-0.2, -0.15) is 0 Å². The predicted octanol–water partition coefficient (Wildman–Crippen LogP) is 0.656. The molecule has 108 valence electrons. The Labute approximate surface area is 113 Å². The van der Waals surface area contributed by atoms with E-state index < -0.39 is 0 Å². The van der Waals surface area contributed by atoms with Gasteiger partial charge in [0.25, 0.3) is 0 Å². The van der Waals surface area contributed by atoms with Crippen LogP contribution in [0.15, 0.2) is 24.3 Å². The molecule has 0 aliphatic rings. The fourth-order valence-corrected chi connectivity index (χ4v) is 1.39. The van der Waals surface area contributed by atoms with E-state index in [4.69, 9.17) is 16.4 Å². The summed E-state index contributed by atoms with van der Waals surface area (Å²) in [7, 11) is 7.99. The number of anilines is 2. The molecule has 0 atom stereocenters. The highest BCUT2D eigenvalue weighted by molar-refractivity contribution is 5.72. The van der Waals surface area contributed by atoms with Crippen molar-refractivity contribution in [3.05, 3.63) is 24.3 Å². The molecule has 0 fully saturated rings. The third-order valence-electron chi connectivity index (χ3n) is 2.12. The standard InChI is InChI=1S/C11H20N5O.CH3F/c1-14(2)11(15(3)4)17-16(13)10-8-6-5-7-9(10)12;1-2/h5-8H,12-13H2,1-4H3;1H3/q+1;. The van der Waals surface area contributed by atoms with Crippen molar-refractivity contribution in [2.24, 2.45) is 5.84 Å². The first-order chi connectivity index (χ1) is 8.93. The lowest BCUT2D eigenvalue weighted by molar-refractivity contribution is -0.481. The zero-order valence-electron chi connectivity index (χ0n) is 12.1. The minimum absolute atomic E-state index is 0.500. The van der Waals surface area contributed by atoms with Crippen molar-refractivity contribution >= 4 is 17.4 Å². The number of hydrogen-bond acceptors (Lipinski definition) is 4. The van der Waals surface area contributed by atoms with Crippen LogP contribution < -0.4 is 16.7 Å². The van der Waals surface area contributed by atoms with Gasteiger partial charge in [0.1, 0.15) is 5.69 Å². The van der Waals surface area contributed by atoms with Gasteiger partial charge in [0.2, 0.25) is 0 Å². The first-order valence-corrected chi connectivity index (χ1v) is 5.60. The Bertz CT molecular complexity index is 418. The van der Waals surface area contributed by atoms with Crippen molar-refractivity contribution in [3.8, 4) is 0 Å². The van der Waals surface area contributed by atoms with Crippen LogP contribution in [0, 0.1) is 0 Å². The van der Waals surface area contributed by atoms with Crippen molar-refractivity contribution in [2.45, 2.75) is 0 Å². The van der Waals surface area contributed by atoms with Crippen molar-refractivity contribution in [2.75, 3.05) is 46.3 Å². The fraction of sp³-hybridized carbons (Fsp3) is 0.417. The van der Waals surface area contributed by atoms with Crippen LogP contribution in [0.5, 0.6) is 0 Å². The molecule has 0 aliphatic heterocycles. The molecule has 0 saturated heterocycles. The van der Waals surface area contributed by atoms with E-state index in [0.717, 1.165) is 5.17 Å². The molecule has 0 amide bonds. The fourth-order valence-electron chi connectivity index (χ4n) is 1.39. The van der Waals surface area contributed by atoms with E-state index in [-0.39, 0.29) is 0 Å². The molecule has 0 bridgehead atoms. The van der Waals surface area contributed by atoms with E-state index in [1.54, 1.807) is 12.1 Å². The van der Waals surface area contributed by atoms with Crippen LogP contribution in [0.25, 0.3) is 0 Å². The Kier molecular flexibility index (Phi) is 7.28. The van der Waals surface area contributed by atoms with Gasteiger partial charge < -0.3 is 5.73 Å². The maximum Gasteiger partial charge on any atom is 0.471 e. The van der Waals surface area contributed by atoms with Crippen LogP contribution in [-0.2, 0) is 4.84 Å². The number of hydrogen-bond donors (Lipinski definition) is 2. The van der Waals surface area contributed by atoms with Gasteiger partial charge in [-0.15, -0.1) is 5.17 Å². The molecule has 4 N–H and O–H groups in total. The van der Waals surface area contributed by atoms with Crippen molar-refractivity contribution in [1.82, 2.24) is 4.90 Å². The maximum absolute atomic E-state index is 9.50. The molecule has 6 nitrogen and oxygen atoms in total. The number of nitrogens with two attached hydrogens (primary N) is 2. The van der Waals surface area contributed by atoms with E-state index >= 15 is 0 Å². The summed E-state index contributed by atoms with van der Waals surface area (Å²) >= 11 is 0. The molecule has 7 heteroatoms. The van der Waals surface area contributed by atoms with Gasteiger partial charge >= 0.3 is 6.02 Å². The Morgan fingerprint density at radius 2 is 1.74 bits per heavy atom. The average Bonchev–Trinajstić information content (AvgIpc) is 2.37. The van der Waals surface area contributed by atoms with Crippen LogP contribution in [0.4, 0.5) is 15.8 Å². The highest BCUT2D eigenvalue weighted by atomic mass is 19.1. The third kappa shape index (κ3) is 5.01. The number of nitrogen functional groups attached to an aromatic ring is 1. The summed E-state index contributed by atoms with van der Waals surface area (Å²) < 4.78 is 11.3. The summed E-state index contributed by atoms with van der Waals surface area (Å²) in [5.41, 5.74) is 6.99. The van der Waals surface area contributed by atoms with Gasteiger partial charge in [0.05, 0.1) is 41.1 Å². The van der Waals surface area contributed by atoms with Crippen molar-refractivity contribution < 1.29 is 13.8 Å². The molecule has 0 aliphatic carbocycles.